The predicted octanol–water partition coefficient (Wildman–Crippen LogP) is 12.4. The molecule has 2 heterocycles. The number of aromatic nitrogens is 3. The molecule has 0 saturated heterocycles. The van der Waals surface area contributed by atoms with Gasteiger partial charge in [-0.3, -0.25) is 0 Å². The number of furan rings is 1. The van der Waals surface area contributed by atoms with Gasteiger partial charge < -0.3 is 4.42 Å². The van der Waals surface area contributed by atoms with Crippen LogP contribution < -0.4 is 0 Å². The van der Waals surface area contributed by atoms with E-state index in [-0.39, 0.29) is 0 Å². The zero-order valence-electron chi connectivity index (χ0n) is 53.3. The molecule has 0 bridgehead atoms. The van der Waals surface area contributed by atoms with Crippen LogP contribution in [0.2, 0.25) is 0 Å². The number of para-hydroxylation sites is 1. The van der Waals surface area contributed by atoms with Crippen LogP contribution in [0.3, 0.4) is 0 Å². The molecular formula is C47H29N3O. The van der Waals surface area contributed by atoms with Crippen LogP contribution in [-0.2, 0) is 0 Å². The highest BCUT2D eigenvalue weighted by molar-refractivity contribution is 6.12. The highest BCUT2D eigenvalue weighted by Gasteiger charge is 2.19. The Morgan fingerprint density at radius 2 is 1.04 bits per heavy atom. The van der Waals surface area contributed by atoms with Crippen molar-refractivity contribution in [3.05, 3.63) is 175 Å². The lowest BCUT2D eigenvalue weighted by atomic mass is 9.93. The van der Waals surface area contributed by atoms with Gasteiger partial charge in [-0.2, -0.15) is 0 Å². The standard InChI is InChI=1S/C47H29N3O/c1-2-12-30(13-3-1)33-16-10-17-35(29-33)45-48-46(50-47(49-45)41-21-11-23-43-44(41)40-20-8-9-22-42(40)51-43)39-27-26-36(37-18-6-7-19-38(37)39)34-25-24-31-14-4-5-15-32(31)28-34/h1-29H/i1D,2D,3D,4D,5D,6D,7D,8D,9D,10D,11D,12D,13D,14D,15D,16D,17D,19D,20D,21D,22D,23D,24D,25D,26D,27D,28D,29D. The van der Waals surface area contributed by atoms with E-state index in [9.17, 15) is 9.60 Å². The van der Waals surface area contributed by atoms with Gasteiger partial charge in [-0.15, -0.1) is 0 Å². The van der Waals surface area contributed by atoms with Crippen LogP contribution in [0.25, 0.3) is 99.9 Å². The molecule has 8 aromatic carbocycles. The van der Waals surface area contributed by atoms with Crippen LogP contribution in [0, 0.1) is 0 Å². The topological polar surface area (TPSA) is 51.8 Å². The first-order chi connectivity index (χ1) is 36.9. The predicted molar refractivity (Wildman–Crippen MR) is 209 cm³/mol. The molecule has 0 atom stereocenters. The number of benzene rings is 8. The highest BCUT2D eigenvalue weighted by Crippen LogP contribution is 2.39. The molecule has 0 radical (unpaired) electrons. The average Bonchev–Trinajstić information content (AvgIpc) is 4.09. The number of nitrogens with zero attached hydrogens (tertiary/aromatic N) is 3. The Labute approximate surface area is 333 Å². The molecule has 10 aromatic rings. The van der Waals surface area contributed by atoms with Crippen molar-refractivity contribution in [2.75, 3.05) is 0 Å². The molecule has 10 rings (SSSR count). The van der Waals surface area contributed by atoms with E-state index >= 15 is 0 Å². The van der Waals surface area contributed by atoms with Crippen molar-refractivity contribution in [2.24, 2.45) is 0 Å². The van der Waals surface area contributed by atoms with Crippen molar-refractivity contribution in [2.45, 2.75) is 0 Å². The normalized spacial score (nSPS) is 19.2. The van der Waals surface area contributed by atoms with Crippen LogP contribution in [0.1, 0.15) is 38.4 Å². The van der Waals surface area contributed by atoms with Crippen LogP contribution in [0.5, 0.6) is 0 Å². The summed E-state index contributed by atoms with van der Waals surface area (Å²) in [4.78, 5) is 13.5. The maximum Gasteiger partial charge on any atom is 0.164 e. The molecule has 4 nitrogen and oxygen atoms in total. The van der Waals surface area contributed by atoms with E-state index in [2.05, 4.69) is 15.0 Å². The lowest BCUT2D eigenvalue weighted by Gasteiger charge is -2.14. The summed E-state index contributed by atoms with van der Waals surface area (Å²) in [5, 5.41) is -3.14. The minimum atomic E-state index is -1.03. The van der Waals surface area contributed by atoms with Gasteiger partial charge in [0.2, 0.25) is 0 Å². The van der Waals surface area contributed by atoms with Crippen LogP contribution >= 0.6 is 0 Å². The molecule has 0 fully saturated rings. The largest absolute Gasteiger partial charge is 0.456 e. The van der Waals surface area contributed by atoms with Gasteiger partial charge in [0.05, 0.1) is 38.4 Å². The van der Waals surface area contributed by atoms with Gasteiger partial charge >= 0.3 is 0 Å². The zero-order valence-corrected chi connectivity index (χ0v) is 25.3. The minimum absolute atomic E-state index is 0.467. The molecule has 0 N–H and O–H groups in total. The highest BCUT2D eigenvalue weighted by atomic mass is 16.3. The summed E-state index contributed by atoms with van der Waals surface area (Å²) in [7, 11) is 0. The lowest BCUT2D eigenvalue weighted by Crippen LogP contribution is -2.01. The van der Waals surface area contributed by atoms with E-state index in [0.29, 0.717) is 0 Å². The second-order valence-corrected chi connectivity index (χ2v) is 10.6. The first-order valence-corrected chi connectivity index (χ1v) is 14.8. The number of fused-ring (bicyclic) bond motifs is 5. The Morgan fingerprint density at radius 1 is 0.373 bits per heavy atom. The SMILES string of the molecule is [2H]c1cc2c(-c3c([2H])c([2H])c4c([2H])c([2H])c([2H])c([2H])c4c3[2H])c([2H])c([2H])c(-c3nc(-c4c([2H])c([2H])c([2H])c(-c5c([2H])c([2H])c([2H])c([2H])c5[2H])c4[2H])nc(-c4c([2H])c([2H])c([2H])c5oc6c([2H])c([2H])c([2H])c([2H])c6c45)n3)c2c([2H])c1[2H]. The number of hydrogen-bond acceptors (Lipinski definition) is 4. The van der Waals surface area contributed by atoms with Crippen LogP contribution in [0.4, 0.5) is 0 Å². The van der Waals surface area contributed by atoms with E-state index in [0.717, 1.165) is 6.07 Å². The van der Waals surface area contributed by atoms with Crippen molar-refractivity contribution in [3.8, 4) is 56.4 Å². The maximum absolute atomic E-state index is 9.70. The maximum atomic E-state index is 9.70. The molecule has 51 heavy (non-hydrogen) atoms. The van der Waals surface area contributed by atoms with Gasteiger partial charge in [0, 0.05) is 27.5 Å². The molecule has 2 aromatic heterocycles. The van der Waals surface area contributed by atoms with E-state index in [1.807, 2.05) is 0 Å². The first-order valence-electron chi connectivity index (χ1n) is 28.8. The summed E-state index contributed by atoms with van der Waals surface area (Å²) in [6.45, 7) is 0. The van der Waals surface area contributed by atoms with E-state index < -0.39 is 269 Å². The Morgan fingerprint density at radius 3 is 1.96 bits per heavy atom. The summed E-state index contributed by atoms with van der Waals surface area (Å²) in [6.07, 6.45) is 0. The van der Waals surface area contributed by atoms with E-state index in [1.54, 1.807) is 0 Å². The molecule has 0 aliphatic rings. The molecule has 0 spiro atoms. The van der Waals surface area contributed by atoms with Crippen molar-refractivity contribution in [1.29, 1.82) is 0 Å². The minimum Gasteiger partial charge on any atom is -0.456 e. The molecule has 0 saturated carbocycles. The monoisotopic (exact) mass is 679 g/mol. The summed E-state index contributed by atoms with van der Waals surface area (Å²) < 4.78 is 254. The second-order valence-electron chi connectivity index (χ2n) is 10.6. The van der Waals surface area contributed by atoms with Gasteiger partial charge in [0.1, 0.15) is 11.2 Å². The summed E-state index contributed by atoms with van der Waals surface area (Å²) >= 11 is 0. The van der Waals surface area contributed by atoms with E-state index in [1.165, 1.54) is 0 Å². The third-order valence-electron chi connectivity index (χ3n) is 7.71. The van der Waals surface area contributed by atoms with Gasteiger partial charge in [-0.1, -0.05) is 145 Å². The molecule has 0 aliphatic carbocycles. The first kappa shape index (κ1) is 12.4. The summed E-state index contributed by atoms with van der Waals surface area (Å²) in [5.41, 5.74) is -6.32. The molecular weight excluding hydrogens is 623 g/mol. The number of rotatable bonds is 5. The van der Waals surface area contributed by atoms with Gasteiger partial charge in [0.15, 0.2) is 17.5 Å². The molecule has 0 aliphatic heterocycles. The Kier molecular flexibility index (Phi) is 2.91. The van der Waals surface area contributed by atoms with E-state index in [4.69, 9.17) is 33.2 Å². The van der Waals surface area contributed by atoms with Gasteiger partial charge in [0.25, 0.3) is 0 Å². The fourth-order valence-corrected chi connectivity index (χ4v) is 5.46. The van der Waals surface area contributed by atoms with Gasteiger partial charge in [-0.25, -0.2) is 15.0 Å². The molecule has 4 heteroatoms. The van der Waals surface area contributed by atoms with Crippen LogP contribution in [-0.4, -0.2) is 15.0 Å². The lowest BCUT2D eigenvalue weighted by molar-refractivity contribution is 0.669. The Balaban J connectivity index is 1.43. The fraction of sp³-hybridized carbons (Fsp3) is 0. The van der Waals surface area contributed by atoms with Crippen molar-refractivity contribution in [1.82, 2.24) is 15.0 Å². The van der Waals surface area contributed by atoms with Crippen molar-refractivity contribution >= 4 is 43.5 Å². The summed E-state index contributed by atoms with van der Waals surface area (Å²) in [6, 6.07) is -23.7. The quantitative estimate of drug-likeness (QED) is 0.182. The Bertz CT molecular complexity index is 4510. The third kappa shape index (κ3) is 5.04. The fourth-order valence-electron chi connectivity index (χ4n) is 5.46. The average molecular weight is 680 g/mol. The second kappa shape index (κ2) is 11.9. The summed E-state index contributed by atoms with van der Waals surface area (Å²) in [5.74, 6) is -2.67. The number of hydrogen-bond donors (Lipinski definition) is 0. The molecule has 0 amide bonds. The smallest absolute Gasteiger partial charge is 0.164 e. The Hall–Kier alpha value is -6.91. The zero-order chi connectivity index (χ0) is 58.1. The van der Waals surface area contributed by atoms with Gasteiger partial charge in [-0.05, 0) is 74.0 Å². The molecule has 238 valence electrons. The van der Waals surface area contributed by atoms with Crippen molar-refractivity contribution < 1.29 is 42.8 Å². The van der Waals surface area contributed by atoms with Crippen LogP contribution in [0.15, 0.2) is 180 Å². The molecule has 0 unspecified atom stereocenters. The van der Waals surface area contributed by atoms with Crippen molar-refractivity contribution in [3.63, 3.8) is 0 Å². The third-order valence-corrected chi connectivity index (χ3v) is 7.71.